The van der Waals surface area contributed by atoms with Crippen molar-refractivity contribution in [1.29, 1.82) is 0 Å². The molecule has 1 unspecified atom stereocenters. The van der Waals surface area contributed by atoms with Crippen LogP contribution in [0.1, 0.15) is 36.2 Å². The van der Waals surface area contributed by atoms with Gasteiger partial charge in [0, 0.05) is 19.0 Å². The fourth-order valence-electron chi connectivity index (χ4n) is 3.49. The number of nitrogens with one attached hydrogen (secondary N) is 2. The Morgan fingerprint density at radius 1 is 1.17 bits per heavy atom. The van der Waals surface area contributed by atoms with Gasteiger partial charge in [-0.15, -0.1) is 0 Å². The van der Waals surface area contributed by atoms with E-state index in [-0.39, 0.29) is 36.7 Å². The molecule has 0 radical (unpaired) electrons. The van der Waals surface area contributed by atoms with Crippen LogP contribution in [0.3, 0.4) is 0 Å². The number of aryl methyl sites for hydroxylation is 1. The van der Waals surface area contributed by atoms with Gasteiger partial charge >= 0.3 is 0 Å². The number of amides is 3. The van der Waals surface area contributed by atoms with Crippen LogP contribution in [0.5, 0.6) is 5.75 Å². The van der Waals surface area contributed by atoms with E-state index >= 15 is 0 Å². The van der Waals surface area contributed by atoms with Crippen LogP contribution in [0.15, 0.2) is 42.5 Å². The fraction of sp³-hybridized carbons (Fsp3) is 0.348. The normalized spacial score (nSPS) is 16.0. The number of carbonyl (C=O) groups excluding carboxylic acids is 3. The Kier molecular flexibility index (Phi) is 6.40. The first-order chi connectivity index (χ1) is 14.3. The molecule has 1 fully saturated rings. The van der Waals surface area contributed by atoms with E-state index in [1.54, 1.807) is 36.3 Å². The third-order valence-corrected chi connectivity index (χ3v) is 4.97. The summed E-state index contributed by atoms with van der Waals surface area (Å²) in [5.41, 5.74) is 2.48. The predicted octanol–water partition coefficient (Wildman–Crippen LogP) is 3.13. The second-order valence-corrected chi connectivity index (χ2v) is 7.74. The van der Waals surface area contributed by atoms with Crippen LogP contribution in [-0.2, 0) is 9.59 Å². The van der Waals surface area contributed by atoms with Crippen LogP contribution in [0.4, 0.5) is 11.4 Å². The van der Waals surface area contributed by atoms with Gasteiger partial charge < -0.3 is 20.3 Å². The van der Waals surface area contributed by atoms with Gasteiger partial charge in [-0.1, -0.05) is 18.2 Å². The molecule has 1 saturated heterocycles. The lowest BCUT2D eigenvalue weighted by Gasteiger charge is -2.20. The summed E-state index contributed by atoms with van der Waals surface area (Å²) in [4.78, 5) is 39.6. The molecule has 1 aliphatic rings. The van der Waals surface area contributed by atoms with E-state index in [1.165, 1.54) is 0 Å². The second kappa shape index (κ2) is 8.98. The monoisotopic (exact) mass is 409 g/mol. The third-order valence-electron chi connectivity index (χ3n) is 4.97. The quantitative estimate of drug-likeness (QED) is 0.767. The maximum absolute atomic E-state index is 12.9. The highest BCUT2D eigenvalue weighted by Gasteiger charge is 2.36. The number of hydrogen-bond acceptors (Lipinski definition) is 4. The van der Waals surface area contributed by atoms with Gasteiger partial charge in [0.15, 0.2) is 0 Å². The summed E-state index contributed by atoms with van der Waals surface area (Å²) in [7, 11) is 1.55. The van der Waals surface area contributed by atoms with Crippen molar-refractivity contribution in [2.24, 2.45) is 5.92 Å². The molecular formula is C23H27N3O4. The van der Waals surface area contributed by atoms with E-state index in [0.717, 1.165) is 5.56 Å². The number of methoxy groups -OCH3 is 1. The van der Waals surface area contributed by atoms with Gasteiger partial charge in [-0.05, 0) is 50.6 Å². The van der Waals surface area contributed by atoms with Crippen molar-refractivity contribution in [2.75, 3.05) is 23.9 Å². The van der Waals surface area contributed by atoms with Crippen LogP contribution in [0.25, 0.3) is 0 Å². The molecule has 0 spiro atoms. The predicted molar refractivity (Wildman–Crippen MR) is 116 cm³/mol. The Morgan fingerprint density at radius 3 is 2.60 bits per heavy atom. The van der Waals surface area contributed by atoms with Gasteiger partial charge in [0.2, 0.25) is 11.8 Å². The number of nitrogens with zero attached hydrogens (tertiary/aromatic N) is 1. The Bertz CT molecular complexity index is 971. The lowest BCUT2D eigenvalue weighted by atomic mass is 10.1. The minimum absolute atomic E-state index is 0.0217. The van der Waals surface area contributed by atoms with E-state index in [9.17, 15) is 14.4 Å². The number of hydrogen-bond donors (Lipinski definition) is 2. The van der Waals surface area contributed by atoms with E-state index in [4.69, 9.17) is 4.74 Å². The van der Waals surface area contributed by atoms with Crippen LogP contribution >= 0.6 is 0 Å². The summed E-state index contributed by atoms with van der Waals surface area (Å²) in [6, 6.07) is 12.4. The molecule has 1 heterocycles. The van der Waals surface area contributed by atoms with Gasteiger partial charge in [-0.2, -0.15) is 0 Å². The van der Waals surface area contributed by atoms with Crippen molar-refractivity contribution in [3.63, 3.8) is 0 Å². The zero-order chi connectivity index (χ0) is 21.8. The maximum atomic E-state index is 12.9. The Morgan fingerprint density at radius 2 is 1.90 bits per heavy atom. The first-order valence-corrected chi connectivity index (χ1v) is 9.96. The molecule has 0 bridgehead atoms. The zero-order valence-corrected chi connectivity index (χ0v) is 17.7. The minimum Gasteiger partial charge on any atom is -0.495 e. The van der Waals surface area contributed by atoms with Crippen molar-refractivity contribution in [2.45, 2.75) is 33.2 Å². The van der Waals surface area contributed by atoms with Gasteiger partial charge in [-0.3, -0.25) is 14.4 Å². The minimum atomic E-state index is -0.524. The van der Waals surface area contributed by atoms with Crippen molar-refractivity contribution >= 4 is 29.1 Å². The van der Waals surface area contributed by atoms with Gasteiger partial charge in [0.1, 0.15) is 5.75 Å². The number of para-hydroxylation sites is 1. The number of rotatable bonds is 6. The highest BCUT2D eigenvalue weighted by Crippen LogP contribution is 2.34. The summed E-state index contributed by atoms with van der Waals surface area (Å²) >= 11 is 0. The second-order valence-electron chi connectivity index (χ2n) is 7.74. The molecule has 158 valence electrons. The third kappa shape index (κ3) is 4.62. The number of anilines is 2. The van der Waals surface area contributed by atoms with E-state index in [1.807, 2.05) is 39.0 Å². The van der Waals surface area contributed by atoms with E-state index < -0.39 is 5.92 Å². The van der Waals surface area contributed by atoms with Crippen LogP contribution < -0.4 is 20.3 Å². The highest BCUT2D eigenvalue weighted by molar-refractivity contribution is 6.07. The van der Waals surface area contributed by atoms with Gasteiger partial charge in [0.25, 0.3) is 5.91 Å². The molecular weight excluding hydrogens is 382 g/mol. The van der Waals surface area contributed by atoms with Crippen LogP contribution in [0.2, 0.25) is 0 Å². The summed E-state index contributed by atoms with van der Waals surface area (Å²) in [5.74, 6) is -0.615. The molecule has 2 N–H and O–H groups in total. The standard InChI is InChI=1S/C23H27N3O4/c1-14(2)24-23(29)17-7-5-6-8-18(17)25-22(28)16-12-21(27)26(13-16)19-11-15(3)9-10-20(19)30-4/h5-11,14,16H,12-13H2,1-4H3,(H,24,29)(H,25,28). The fourth-order valence-corrected chi connectivity index (χ4v) is 3.49. The molecule has 0 aliphatic carbocycles. The number of ether oxygens (including phenoxy) is 1. The molecule has 1 atom stereocenters. The average molecular weight is 409 g/mol. The number of benzene rings is 2. The largest absolute Gasteiger partial charge is 0.495 e. The lowest BCUT2D eigenvalue weighted by Crippen LogP contribution is -2.32. The molecule has 2 aromatic rings. The van der Waals surface area contributed by atoms with Crippen molar-refractivity contribution < 1.29 is 19.1 Å². The van der Waals surface area contributed by atoms with Crippen molar-refractivity contribution in [3.8, 4) is 5.75 Å². The smallest absolute Gasteiger partial charge is 0.253 e. The molecule has 7 heteroatoms. The Labute approximate surface area is 176 Å². The average Bonchev–Trinajstić information content (AvgIpc) is 3.09. The zero-order valence-electron chi connectivity index (χ0n) is 17.7. The molecule has 0 saturated carbocycles. The Balaban J connectivity index is 1.77. The highest BCUT2D eigenvalue weighted by atomic mass is 16.5. The molecule has 7 nitrogen and oxygen atoms in total. The van der Waals surface area contributed by atoms with E-state index in [2.05, 4.69) is 10.6 Å². The van der Waals surface area contributed by atoms with Crippen LogP contribution in [0, 0.1) is 12.8 Å². The van der Waals surface area contributed by atoms with Crippen molar-refractivity contribution in [1.82, 2.24) is 5.32 Å². The van der Waals surface area contributed by atoms with Crippen LogP contribution in [-0.4, -0.2) is 37.4 Å². The summed E-state index contributed by atoms with van der Waals surface area (Å²) in [5, 5.41) is 5.66. The molecule has 30 heavy (non-hydrogen) atoms. The Hall–Kier alpha value is -3.35. The summed E-state index contributed by atoms with van der Waals surface area (Å²) in [6.07, 6.45) is 0.100. The summed E-state index contributed by atoms with van der Waals surface area (Å²) in [6.45, 7) is 5.94. The molecule has 3 rings (SSSR count). The topological polar surface area (TPSA) is 87.7 Å². The number of carbonyl (C=O) groups is 3. The molecule has 2 aromatic carbocycles. The first-order valence-electron chi connectivity index (χ1n) is 9.96. The lowest BCUT2D eigenvalue weighted by molar-refractivity contribution is -0.122. The first kappa shape index (κ1) is 21.4. The molecule has 0 aromatic heterocycles. The van der Waals surface area contributed by atoms with E-state index in [0.29, 0.717) is 22.7 Å². The SMILES string of the molecule is COc1ccc(C)cc1N1CC(C(=O)Nc2ccccc2C(=O)NC(C)C)CC1=O. The maximum Gasteiger partial charge on any atom is 0.253 e. The van der Waals surface area contributed by atoms with Gasteiger partial charge in [-0.25, -0.2) is 0 Å². The van der Waals surface area contributed by atoms with Gasteiger partial charge in [0.05, 0.1) is 30.0 Å². The molecule has 1 aliphatic heterocycles. The molecule has 3 amide bonds. The summed E-state index contributed by atoms with van der Waals surface area (Å²) < 4.78 is 5.39. The van der Waals surface area contributed by atoms with Crippen molar-refractivity contribution in [3.05, 3.63) is 53.6 Å².